The maximum atomic E-state index is 11.7. The van der Waals surface area contributed by atoms with Crippen LogP contribution in [0, 0.1) is 12.8 Å². The minimum atomic E-state index is -0.349. The normalized spacial score (nSPS) is 10.6. The molecule has 1 rings (SSSR count). The summed E-state index contributed by atoms with van der Waals surface area (Å²) in [5.41, 5.74) is 6.04. The van der Waals surface area contributed by atoms with Crippen molar-refractivity contribution in [1.29, 1.82) is 0 Å². The summed E-state index contributed by atoms with van der Waals surface area (Å²) >= 11 is 1.44. The molecule has 0 radical (unpaired) electrons. The van der Waals surface area contributed by atoms with Gasteiger partial charge in [0, 0.05) is 0 Å². The van der Waals surface area contributed by atoms with Gasteiger partial charge in [-0.15, -0.1) is 11.3 Å². The first-order chi connectivity index (χ1) is 8.92. The van der Waals surface area contributed by atoms with Crippen LogP contribution in [0.1, 0.15) is 24.5 Å². The van der Waals surface area contributed by atoms with Gasteiger partial charge in [-0.05, 0) is 19.3 Å². The molecule has 0 aliphatic rings. The molecule has 0 aliphatic heterocycles. The molecule has 7 heteroatoms. The second-order valence-corrected chi connectivity index (χ2v) is 5.84. The molecule has 0 atom stereocenters. The van der Waals surface area contributed by atoms with Gasteiger partial charge < -0.3 is 16.4 Å². The molecule has 0 spiro atoms. The zero-order valence-corrected chi connectivity index (χ0v) is 12.3. The fraction of sp³-hybridized carbons (Fsp3) is 0.583. The van der Waals surface area contributed by atoms with Crippen LogP contribution in [0.25, 0.3) is 0 Å². The number of carbonyl (C=O) groups excluding carboxylic acids is 2. The van der Waals surface area contributed by atoms with Crippen LogP contribution in [0.4, 0.5) is 5.00 Å². The van der Waals surface area contributed by atoms with Crippen LogP contribution in [0.15, 0.2) is 0 Å². The summed E-state index contributed by atoms with van der Waals surface area (Å²) in [6, 6.07) is 0. The van der Waals surface area contributed by atoms with Gasteiger partial charge in [0.2, 0.25) is 11.8 Å². The van der Waals surface area contributed by atoms with E-state index in [4.69, 9.17) is 5.73 Å². The summed E-state index contributed by atoms with van der Waals surface area (Å²) in [6.07, 6.45) is 0.815. The van der Waals surface area contributed by atoms with Crippen LogP contribution in [-0.4, -0.2) is 29.9 Å². The molecule has 106 valence electrons. The third-order valence-electron chi connectivity index (χ3n) is 2.29. The lowest BCUT2D eigenvalue weighted by atomic mass is 10.1. The number of carbonyl (C=O) groups is 2. The second kappa shape index (κ2) is 7.20. The smallest absolute Gasteiger partial charge is 0.244 e. The van der Waals surface area contributed by atoms with E-state index in [1.807, 2.05) is 6.92 Å². The average molecular weight is 284 g/mol. The first-order valence-electron chi connectivity index (χ1n) is 6.15. The van der Waals surface area contributed by atoms with E-state index in [1.165, 1.54) is 11.3 Å². The van der Waals surface area contributed by atoms with Crippen LogP contribution < -0.4 is 16.4 Å². The third kappa shape index (κ3) is 5.35. The Morgan fingerprint density at radius 1 is 1.37 bits per heavy atom. The fourth-order valence-corrected chi connectivity index (χ4v) is 2.38. The highest BCUT2D eigenvalue weighted by molar-refractivity contribution is 7.16. The van der Waals surface area contributed by atoms with Crippen molar-refractivity contribution in [2.24, 2.45) is 11.7 Å². The Kier molecular flexibility index (Phi) is 5.91. The molecule has 0 saturated carbocycles. The molecule has 19 heavy (non-hydrogen) atoms. The van der Waals surface area contributed by atoms with Gasteiger partial charge in [-0.1, -0.05) is 13.8 Å². The lowest BCUT2D eigenvalue weighted by molar-refractivity contribution is -0.123. The molecule has 1 aromatic rings. The van der Waals surface area contributed by atoms with Crippen LogP contribution in [0.2, 0.25) is 0 Å². The molecule has 0 aromatic carbocycles. The van der Waals surface area contributed by atoms with Crippen molar-refractivity contribution in [1.82, 2.24) is 10.3 Å². The fourth-order valence-electron chi connectivity index (χ4n) is 1.51. The molecule has 6 nitrogen and oxygen atoms in total. The number of anilines is 1. The molecule has 0 unspecified atom stereocenters. The number of nitrogens with zero attached hydrogens (tertiary/aromatic N) is 1. The Balaban J connectivity index is 2.60. The third-order valence-corrected chi connectivity index (χ3v) is 3.22. The SMILES string of the molecule is Cc1nc(CC(C)C)c(NC(=O)CNC(=O)CN)s1. The number of hydrogen-bond donors (Lipinski definition) is 3. The van der Waals surface area contributed by atoms with Crippen molar-refractivity contribution in [2.45, 2.75) is 27.2 Å². The second-order valence-electron chi connectivity index (χ2n) is 4.64. The van der Waals surface area contributed by atoms with Crippen LogP contribution in [0.5, 0.6) is 0 Å². The van der Waals surface area contributed by atoms with E-state index < -0.39 is 0 Å². The van der Waals surface area contributed by atoms with Crippen LogP contribution in [0.3, 0.4) is 0 Å². The Hall–Kier alpha value is -1.47. The lowest BCUT2D eigenvalue weighted by Gasteiger charge is -2.07. The zero-order chi connectivity index (χ0) is 14.4. The topological polar surface area (TPSA) is 97.1 Å². The van der Waals surface area contributed by atoms with Crippen molar-refractivity contribution in [3.63, 3.8) is 0 Å². The molecule has 0 aliphatic carbocycles. The van der Waals surface area contributed by atoms with E-state index in [0.29, 0.717) is 5.92 Å². The predicted molar refractivity (Wildman–Crippen MR) is 76.1 cm³/mol. The maximum absolute atomic E-state index is 11.7. The highest BCUT2D eigenvalue weighted by Crippen LogP contribution is 2.26. The first-order valence-corrected chi connectivity index (χ1v) is 6.97. The van der Waals surface area contributed by atoms with E-state index in [0.717, 1.165) is 22.1 Å². The molecule has 0 fully saturated rings. The highest BCUT2D eigenvalue weighted by Gasteiger charge is 2.13. The van der Waals surface area contributed by atoms with Gasteiger partial charge in [-0.3, -0.25) is 9.59 Å². The number of thiazole rings is 1. The number of nitrogens with one attached hydrogen (secondary N) is 2. The van der Waals surface area contributed by atoms with Gasteiger partial charge in [0.25, 0.3) is 0 Å². The Labute approximate surface area is 116 Å². The van der Waals surface area contributed by atoms with Gasteiger partial charge in [0.15, 0.2) is 0 Å². The van der Waals surface area contributed by atoms with Gasteiger partial charge in [-0.25, -0.2) is 4.98 Å². The molecular weight excluding hydrogens is 264 g/mol. The Bertz CT molecular complexity index is 457. The van der Waals surface area contributed by atoms with Crippen molar-refractivity contribution in [3.8, 4) is 0 Å². The minimum Gasteiger partial charge on any atom is -0.346 e. The molecule has 0 bridgehead atoms. The first kappa shape index (κ1) is 15.6. The number of aryl methyl sites for hydroxylation is 1. The van der Waals surface area contributed by atoms with E-state index in [2.05, 4.69) is 29.5 Å². The number of amides is 2. The van der Waals surface area contributed by atoms with Crippen molar-refractivity contribution in [3.05, 3.63) is 10.7 Å². The van der Waals surface area contributed by atoms with Crippen molar-refractivity contribution >= 4 is 28.2 Å². The van der Waals surface area contributed by atoms with E-state index in [1.54, 1.807) is 0 Å². The molecule has 2 amide bonds. The van der Waals surface area contributed by atoms with Crippen LogP contribution in [-0.2, 0) is 16.0 Å². The number of nitrogens with two attached hydrogens (primary N) is 1. The maximum Gasteiger partial charge on any atom is 0.244 e. The molecule has 1 aromatic heterocycles. The Morgan fingerprint density at radius 2 is 2.05 bits per heavy atom. The predicted octanol–water partition coefficient (Wildman–Crippen LogP) is 0.663. The van der Waals surface area contributed by atoms with Crippen molar-refractivity contribution in [2.75, 3.05) is 18.4 Å². The summed E-state index contributed by atoms with van der Waals surface area (Å²) < 4.78 is 0. The van der Waals surface area contributed by atoms with Crippen molar-refractivity contribution < 1.29 is 9.59 Å². The Morgan fingerprint density at radius 3 is 2.63 bits per heavy atom. The highest BCUT2D eigenvalue weighted by atomic mass is 32.1. The quantitative estimate of drug-likeness (QED) is 0.715. The van der Waals surface area contributed by atoms with Gasteiger partial charge in [0.1, 0.15) is 5.00 Å². The van der Waals surface area contributed by atoms with Crippen LogP contribution >= 0.6 is 11.3 Å². The van der Waals surface area contributed by atoms with Gasteiger partial charge in [-0.2, -0.15) is 0 Å². The van der Waals surface area contributed by atoms with E-state index in [9.17, 15) is 9.59 Å². The monoisotopic (exact) mass is 284 g/mol. The van der Waals surface area contributed by atoms with Gasteiger partial charge in [0.05, 0.1) is 23.8 Å². The molecule has 1 heterocycles. The van der Waals surface area contributed by atoms with E-state index >= 15 is 0 Å². The number of aromatic nitrogens is 1. The molecular formula is C12H20N4O2S. The summed E-state index contributed by atoms with van der Waals surface area (Å²) in [5, 5.41) is 6.88. The zero-order valence-electron chi connectivity index (χ0n) is 11.4. The standard InChI is InChI=1S/C12H20N4O2S/c1-7(2)4-9-12(19-8(3)15-9)16-11(18)6-14-10(17)5-13/h7H,4-6,13H2,1-3H3,(H,14,17)(H,16,18). The summed E-state index contributed by atoms with van der Waals surface area (Å²) in [7, 11) is 0. The lowest BCUT2D eigenvalue weighted by Crippen LogP contribution is -2.36. The summed E-state index contributed by atoms with van der Waals surface area (Å²) in [6.45, 7) is 5.91. The largest absolute Gasteiger partial charge is 0.346 e. The summed E-state index contributed by atoms with van der Waals surface area (Å²) in [4.78, 5) is 27.1. The van der Waals surface area contributed by atoms with E-state index in [-0.39, 0.29) is 24.9 Å². The van der Waals surface area contributed by atoms with Gasteiger partial charge >= 0.3 is 0 Å². The average Bonchev–Trinajstić information content (AvgIpc) is 2.65. The minimum absolute atomic E-state index is 0.0753. The number of rotatable bonds is 6. The molecule has 4 N–H and O–H groups in total. The summed E-state index contributed by atoms with van der Waals surface area (Å²) in [5.74, 6) is -0.150. The number of hydrogen-bond acceptors (Lipinski definition) is 5. The molecule has 0 saturated heterocycles.